The van der Waals surface area contributed by atoms with Crippen molar-refractivity contribution in [1.29, 1.82) is 0 Å². The van der Waals surface area contributed by atoms with E-state index in [4.69, 9.17) is 9.79 Å². The summed E-state index contributed by atoms with van der Waals surface area (Å²) in [6, 6.07) is 0. The van der Waals surface area contributed by atoms with Gasteiger partial charge in [-0.1, -0.05) is 0 Å². The first kappa shape index (κ1) is 11.2. The minimum atomic E-state index is -4.54. The molecule has 0 radical (unpaired) electrons. The summed E-state index contributed by atoms with van der Waals surface area (Å²) in [4.78, 5) is 26.8. The molecule has 0 aromatic heterocycles. The highest BCUT2D eigenvalue weighted by Gasteiger charge is 2.11. The van der Waals surface area contributed by atoms with Crippen molar-refractivity contribution in [3.63, 3.8) is 0 Å². The second-order valence-electron chi connectivity index (χ2n) is 1.65. The van der Waals surface area contributed by atoms with Gasteiger partial charge in [-0.25, -0.2) is 9.36 Å². The van der Waals surface area contributed by atoms with E-state index in [-0.39, 0.29) is 6.61 Å². The number of phosphoric ester groups is 1. The molecule has 0 fully saturated rings. The van der Waals surface area contributed by atoms with Crippen LogP contribution in [0, 0.1) is 0 Å². The number of ether oxygens (including phenoxy) is 1. The lowest BCUT2D eigenvalue weighted by Gasteiger charge is -1.99. The van der Waals surface area contributed by atoms with Crippen LogP contribution in [0.2, 0.25) is 0 Å². The summed E-state index contributed by atoms with van der Waals surface area (Å²) in [7, 11) is -4.54. The van der Waals surface area contributed by atoms with Crippen molar-refractivity contribution in [2.24, 2.45) is 0 Å². The normalized spacial score (nSPS) is 11.6. The topological polar surface area (TPSA) is 93.1 Å². The summed E-state index contributed by atoms with van der Waals surface area (Å²) in [5.41, 5.74) is 0. The molecule has 0 unspecified atom stereocenters. The van der Waals surface area contributed by atoms with E-state index in [1.54, 1.807) is 6.92 Å². The van der Waals surface area contributed by atoms with Crippen molar-refractivity contribution in [3.05, 3.63) is 12.3 Å². The average molecular weight is 196 g/mol. The second kappa shape index (κ2) is 4.92. The predicted molar refractivity (Wildman–Crippen MR) is 38.9 cm³/mol. The Morgan fingerprint density at radius 1 is 1.58 bits per heavy atom. The highest BCUT2D eigenvalue weighted by molar-refractivity contribution is 7.46. The van der Waals surface area contributed by atoms with E-state index < -0.39 is 13.8 Å². The molecule has 6 nitrogen and oxygen atoms in total. The van der Waals surface area contributed by atoms with Gasteiger partial charge in [-0.3, -0.25) is 9.79 Å². The van der Waals surface area contributed by atoms with Crippen LogP contribution in [-0.4, -0.2) is 22.4 Å². The zero-order valence-electron chi connectivity index (χ0n) is 6.34. The molecule has 7 heteroatoms. The lowest BCUT2D eigenvalue weighted by Crippen LogP contribution is -1.98. The lowest BCUT2D eigenvalue weighted by atomic mass is 10.6. The first-order chi connectivity index (χ1) is 5.45. The molecule has 0 aliphatic carbocycles. The van der Waals surface area contributed by atoms with Crippen LogP contribution >= 0.6 is 7.82 Å². The summed E-state index contributed by atoms with van der Waals surface area (Å²) >= 11 is 0. The molecule has 0 aliphatic rings. The fourth-order valence-electron chi connectivity index (χ4n) is 0.356. The molecule has 0 rings (SSSR count). The van der Waals surface area contributed by atoms with Crippen molar-refractivity contribution < 1.29 is 28.4 Å². The van der Waals surface area contributed by atoms with Crippen LogP contribution in [0.1, 0.15) is 6.92 Å². The van der Waals surface area contributed by atoms with Crippen LogP contribution in [0.5, 0.6) is 0 Å². The summed E-state index contributed by atoms with van der Waals surface area (Å²) in [5, 5.41) is 0. The largest absolute Gasteiger partial charge is 0.524 e. The Hall–Kier alpha value is -0.840. The fourth-order valence-corrected chi connectivity index (χ4v) is 0.575. The van der Waals surface area contributed by atoms with Crippen molar-refractivity contribution in [3.8, 4) is 0 Å². The number of carbonyl (C=O) groups excluding carboxylic acids is 1. The monoisotopic (exact) mass is 196 g/mol. The molecule has 0 atom stereocenters. The summed E-state index contributed by atoms with van der Waals surface area (Å²) in [6.07, 6.45) is 1.38. The maximum absolute atomic E-state index is 10.5. The van der Waals surface area contributed by atoms with Gasteiger partial charge in [-0.15, -0.1) is 0 Å². The number of esters is 1. The first-order valence-corrected chi connectivity index (χ1v) is 4.56. The number of rotatable bonds is 4. The molecule has 0 spiro atoms. The van der Waals surface area contributed by atoms with E-state index in [2.05, 4.69) is 9.26 Å². The van der Waals surface area contributed by atoms with E-state index in [1.807, 2.05) is 0 Å². The van der Waals surface area contributed by atoms with Crippen LogP contribution in [0.4, 0.5) is 0 Å². The third-order valence-electron chi connectivity index (χ3n) is 0.689. The third kappa shape index (κ3) is 7.27. The van der Waals surface area contributed by atoms with Gasteiger partial charge in [0, 0.05) is 0 Å². The van der Waals surface area contributed by atoms with Gasteiger partial charge in [0.1, 0.15) is 6.26 Å². The average Bonchev–Trinajstić information content (AvgIpc) is 1.84. The Morgan fingerprint density at radius 2 is 2.17 bits per heavy atom. The highest BCUT2D eigenvalue weighted by Crippen LogP contribution is 2.35. The van der Waals surface area contributed by atoms with Gasteiger partial charge in [0.2, 0.25) is 0 Å². The Bertz CT molecular complexity index is 216. The minimum absolute atomic E-state index is 0.194. The zero-order chi connectivity index (χ0) is 9.61. The standard InChI is InChI=1S/C5H9O6P/c1-2-10-5(6)3-4-11-12(7,8)9/h3-4H,2H2,1H3,(H2,7,8,9). The van der Waals surface area contributed by atoms with Gasteiger partial charge in [0.05, 0.1) is 12.7 Å². The maximum atomic E-state index is 10.5. The van der Waals surface area contributed by atoms with Crippen LogP contribution in [0.25, 0.3) is 0 Å². The van der Waals surface area contributed by atoms with Crippen molar-refractivity contribution in [2.45, 2.75) is 6.92 Å². The van der Waals surface area contributed by atoms with Crippen molar-refractivity contribution in [1.82, 2.24) is 0 Å². The van der Waals surface area contributed by atoms with Gasteiger partial charge < -0.3 is 9.26 Å². The first-order valence-electron chi connectivity index (χ1n) is 3.03. The zero-order valence-corrected chi connectivity index (χ0v) is 7.23. The quantitative estimate of drug-likeness (QED) is 0.288. The van der Waals surface area contributed by atoms with Gasteiger partial charge in [-0.05, 0) is 6.92 Å². The van der Waals surface area contributed by atoms with Gasteiger partial charge in [0.25, 0.3) is 0 Å². The Labute approximate surface area is 69.0 Å². The number of phosphoric acid groups is 1. The van der Waals surface area contributed by atoms with Crippen molar-refractivity contribution in [2.75, 3.05) is 6.61 Å². The molecule has 0 saturated heterocycles. The molecule has 2 N–H and O–H groups in total. The molecule has 0 aromatic carbocycles. The number of hydrogen-bond donors (Lipinski definition) is 2. The van der Waals surface area contributed by atoms with E-state index in [0.717, 1.165) is 6.08 Å². The molecule has 0 aliphatic heterocycles. The molecule has 70 valence electrons. The Morgan fingerprint density at radius 3 is 2.58 bits per heavy atom. The van der Waals surface area contributed by atoms with Gasteiger partial charge in [0.15, 0.2) is 0 Å². The molecule has 0 aromatic rings. The molecule has 0 saturated carbocycles. The fraction of sp³-hybridized carbons (Fsp3) is 0.400. The molecule has 0 heterocycles. The molecular weight excluding hydrogens is 187 g/mol. The van der Waals surface area contributed by atoms with Crippen LogP contribution in [0.15, 0.2) is 12.3 Å². The summed E-state index contributed by atoms with van der Waals surface area (Å²) in [6.45, 7) is 1.80. The maximum Gasteiger partial charge on any atom is 0.524 e. The number of carbonyl (C=O) groups is 1. The molecule has 12 heavy (non-hydrogen) atoms. The van der Waals surface area contributed by atoms with Gasteiger partial charge in [-0.2, -0.15) is 0 Å². The van der Waals surface area contributed by atoms with Crippen LogP contribution < -0.4 is 0 Å². The SMILES string of the molecule is CCOC(=O)C=COP(=O)(O)O. The van der Waals surface area contributed by atoms with E-state index in [9.17, 15) is 9.36 Å². The van der Waals surface area contributed by atoms with E-state index in [1.165, 1.54) is 0 Å². The summed E-state index contributed by atoms with van der Waals surface area (Å²) < 4.78 is 18.3. The van der Waals surface area contributed by atoms with Crippen molar-refractivity contribution >= 4 is 13.8 Å². The Kier molecular flexibility index (Phi) is 4.58. The van der Waals surface area contributed by atoms with E-state index in [0.29, 0.717) is 6.26 Å². The smallest absolute Gasteiger partial charge is 0.463 e. The predicted octanol–water partition coefficient (Wildman–Crippen LogP) is 0.172. The van der Waals surface area contributed by atoms with Crippen LogP contribution in [-0.2, 0) is 18.6 Å². The highest BCUT2D eigenvalue weighted by atomic mass is 31.2. The lowest BCUT2D eigenvalue weighted by molar-refractivity contribution is -0.137. The minimum Gasteiger partial charge on any atom is -0.463 e. The molecule has 0 bridgehead atoms. The summed E-state index contributed by atoms with van der Waals surface area (Å²) in [5.74, 6) is -0.717. The van der Waals surface area contributed by atoms with E-state index >= 15 is 0 Å². The molecular formula is C5H9O6P. The Balaban J connectivity index is 3.77. The van der Waals surface area contributed by atoms with Gasteiger partial charge >= 0.3 is 13.8 Å². The number of hydrogen-bond acceptors (Lipinski definition) is 4. The molecule has 0 amide bonds. The second-order valence-corrected chi connectivity index (χ2v) is 2.84. The third-order valence-corrected chi connectivity index (χ3v) is 1.09. The van der Waals surface area contributed by atoms with Crippen LogP contribution in [0.3, 0.4) is 0 Å².